The molecule has 2 rings (SSSR count). The number of benzene rings is 1. The van der Waals surface area contributed by atoms with E-state index in [1.807, 2.05) is 0 Å². The van der Waals surface area contributed by atoms with Crippen molar-refractivity contribution < 1.29 is 14.7 Å². The van der Waals surface area contributed by atoms with Crippen LogP contribution in [0.5, 0.6) is 0 Å². The Labute approximate surface area is 105 Å². The maximum absolute atomic E-state index is 12.0. The van der Waals surface area contributed by atoms with E-state index in [9.17, 15) is 9.59 Å². The molecule has 1 atom stereocenters. The summed E-state index contributed by atoms with van der Waals surface area (Å²) in [5, 5.41) is 11.8. The second-order valence-electron chi connectivity index (χ2n) is 4.34. The SMILES string of the molecule is O=C(O)c1cccc(C(=O)N[C@@H]2CC=CCC2)c1. The third kappa shape index (κ3) is 2.97. The number of hydrogen-bond donors (Lipinski definition) is 2. The zero-order valence-electron chi connectivity index (χ0n) is 9.93. The molecule has 18 heavy (non-hydrogen) atoms. The van der Waals surface area contributed by atoms with Crippen LogP contribution in [0.3, 0.4) is 0 Å². The Morgan fingerprint density at radius 3 is 2.67 bits per heavy atom. The summed E-state index contributed by atoms with van der Waals surface area (Å²) in [5.41, 5.74) is 0.524. The molecule has 1 aliphatic rings. The standard InChI is InChI=1S/C14H15NO3/c16-13(15-12-7-2-1-3-8-12)10-5-4-6-11(9-10)14(17)18/h1-2,4-6,9,12H,3,7-8H2,(H,15,16)(H,17,18)/t12-/m1/s1. The molecule has 0 aliphatic heterocycles. The molecule has 4 nitrogen and oxygen atoms in total. The smallest absolute Gasteiger partial charge is 0.335 e. The van der Waals surface area contributed by atoms with Crippen molar-refractivity contribution in [1.29, 1.82) is 0 Å². The molecule has 1 aromatic rings. The molecule has 2 N–H and O–H groups in total. The largest absolute Gasteiger partial charge is 0.478 e. The monoisotopic (exact) mass is 245 g/mol. The van der Waals surface area contributed by atoms with Crippen molar-refractivity contribution in [3.63, 3.8) is 0 Å². The average molecular weight is 245 g/mol. The van der Waals surface area contributed by atoms with Crippen molar-refractivity contribution in [1.82, 2.24) is 5.32 Å². The molecule has 0 fully saturated rings. The van der Waals surface area contributed by atoms with Gasteiger partial charge in [0.05, 0.1) is 5.56 Å². The second-order valence-corrected chi connectivity index (χ2v) is 4.34. The van der Waals surface area contributed by atoms with Crippen molar-refractivity contribution >= 4 is 11.9 Å². The first kappa shape index (κ1) is 12.4. The van der Waals surface area contributed by atoms with Gasteiger partial charge in [-0.15, -0.1) is 0 Å². The average Bonchev–Trinajstić information content (AvgIpc) is 2.40. The molecular weight excluding hydrogens is 230 g/mol. The van der Waals surface area contributed by atoms with E-state index in [-0.39, 0.29) is 17.5 Å². The van der Waals surface area contributed by atoms with Crippen LogP contribution in [0.15, 0.2) is 36.4 Å². The lowest BCUT2D eigenvalue weighted by Gasteiger charge is -2.19. The predicted molar refractivity (Wildman–Crippen MR) is 67.6 cm³/mol. The fourth-order valence-electron chi connectivity index (χ4n) is 1.99. The lowest BCUT2D eigenvalue weighted by molar-refractivity contribution is 0.0697. The van der Waals surface area contributed by atoms with E-state index in [2.05, 4.69) is 17.5 Å². The topological polar surface area (TPSA) is 66.4 Å². The number of nitrogens with one attached hydrogen (secondary N) is 1. The Hall–Kier alpha value is -2.10. The van der Waals surface area contributed by atoms with Crippen LogP contribution in [0.25, 0.3) is 0 Å². The van der Waals surface area contributed by atoms with Gasteiger partial charge in [-0.2, -0.15) is 0 Å². The Bertz CT molecular complexity index is 494. The summed E-state index contributed by atoms with van der Waals surface area (Å²) in [6.45, 7) is 0. The van der Waals surface area contributed by atoms with Gasteiger partial charge < -0.3 is 10.4 Å². The molecule has 0 spiro atoms. The number of carbonyl (C=O) groups excluding carboxylic acids is 1. The molecule has 1 aromatic carbocycles. The molecule has 0 saturated carbocycles. The Morgan fingerprint density at radius 2 is 2.00 bits per heavy atom. The van der Waals surface area contributed by atoms with Gasteiger partial charge in [0, 0.05) is 11.6 Å². The van der Waals surface area contributed by atoms with Gasteiger partial charge in [0.2, 0.25) is 0 Å². The molecule has 0 saturated heterocycles. The quantitative estimate of drug-likeness (QED) is 0.802. The first-order valence-electron chi connectivity index (χ1n) is 5.96. The van der Waals surface area contributed by atoms with Crippen LogP contribution in [0.4, 0.5) is 0 Å². The first-order chi connectivity index (χ1) is 8.66. The Morgan fingerprint density at radius 1 is 1.22 bits per heavy atom. The van der Waals surface area contributed by atoms with Gasteiger partial charge in [0.25, 0.3) is 5.91 Å². The second kappa shape index (κ2) is 5.49. The fourth-order valence-corrected chi connectivity index (χ4v) is 1.99. The summed E-state index contributed by atoms with van der Waals surface area (Å²) in [5.74, 6) is -1.23. The van der Waals surface area contributed by atoms with Crippen LogP contribution >= 0.6 is 0 Å². The van der Waals surface area contributed by atoms with E-state index >= 15 is 0 Å². The number of hydrogen-bond acceptors (Lipinski definition) is 2. The minimum Gasteiger partial charge on any atom is -0.478 e. The first-order valence-corrected chi connectivity index (χ1v) is 5.96. The minimum atomic E-state index is -1.02. The fraction of sp³-hybridized carbons (Fsp3) is 0.286. The molecule has 1 amide bonds. The summed E-state index contributed by atoms with van der Waals surface area (Å²) >= 11 is 0. The van der Waals surface area contributed by atoms with Crippen molar-refractivity contribution in [2.45, 2.75) is 25.3 Å². The van der Waals surface area contributed by atoms with Crippen LogP contribution in [0, 0.1) is 0 Å². The highest BCUT2D eigenvalue weighted by atomic mass is 16.4. The van der Waals surface area contributed by atoms with Gasteiger partial charge in [-0.25, -0.2) is 4.79 Å². The van der Waals surface area contributed by atoms with E-state index in [0.29, 0.717) is 5.56 Å². The molecule has 94 valence electrons. The van der Waals surface area contributed by atoms with Crippen molar-refractivity contribution in [2.75, 3.05) is 0 Å². The molecule has 0 bridgehead atoms. The summed E-state index contributed by atoms with van der Waals surface area (Å²) in [7, 11) is 0. The molecule has 0 unspecified atom stereocenters. The normalized spacial score (nSPS) is 18.3. The Kier molecular flexibility index (Phi) is 3.77. The molecular formula is C14H15NO3. The van der Waals surface area contributed by atoms with Crippen LogP contribution in [-0.2, 0) is 0 Å². The van der Waals surface area contributed by atoms with E-state index in [0.717, 1.165) is 19.3 Å². The number of carbonyl (C=O) groups is 2. The summed E-state index contributed by atoms with van der Waals surface area (Å²) in [6, 6.07) is 6.23. The van der Waals surface area contributed by atoms with Crippen LogP contribution in [-0.4, -0.2) is 23.0 Å². The third-order valence-electron chi connectivity index (χ3n) is 2.98. The van der Waals surface area contributed by atoms with Gasteiger partial charge >= 0.3 is 5.97 Å². The van der Waals surface area contributed by atoms with Gasteiger partial charge in [-0.1, -0.05) is 18.2 Å². The number of carboxylic acid groups (broad SMARTS) is 1. The van der Waals surface area contributed by atoms with Crippen molar-refractivity contribution in [2.24, 2.45) is 0 Å². The van der Waals surface area contributed by atoms with Gasteiger partial charge in [0.15, 0.2) is 0 Å². The van der Waals surface area contributed by atoms with E-state index in [4.69, 9.17) is 5.11 Å². The molecule has 0 radical (unpaired) electrons. The summed E-state index contributed by atoms with van der Waals surface area (Å²) < 4.78 is 0. The van der Waals surface area contributed by atoms with Crippen LogP contribution < -0.4 is 5.32 Å². The zero-order chi connectivity index (χ0) is 13.0. The van der Waals surface area contributed by atoms with Gasteiger partial charge in [-0.3, -0.25) is 4.79 Å². The maximum atomic E-state index is 12.0. The summed E-state index contributed by atoms with van der Waals surface area (Å²) in [4.78, 5) is 22.8. The predicted octanol–water partition coefficient (Wildman–Crippen LogP) is 2.22. The van der Waals surface area contributed by atoms with Crippen LogP contribution in [0.2, 0.25) is 0 Å². The molecule has 1 aliphatic carbocycles. The lowest BCUT2D eigenvalue weighted by Crippen LogP contribution is -2.35. The summed E-state index contributed by atoms with van der Waals surface area (Å²) in [6.07, 6.45) is 6.90. The molecule has 4 heteroatoms. The lowest BCUT2D eigenvalue weighted by atomic mass is 10.0. The van der Waals surface area contributed by atoms with Crippen molar-refractivity contribution in [3.05, 3.63) is 47.5 Å². The zero-order valence-corrected chi connectivity index (χ0v) is 9.93. The highest BCUT2D eigenvalue weighted by Crippen LogP contribution is 2.12. The third-order valence-corrected chi connectivity index (χ3v) is 2.98. The van der Waals surface area contributed by atoms with E-state index in [1.54, 1.807) is 12.1 Å². The van der Waals surface area contributed by atoms with Crippen molar-refractivity contribution in [3.8, 4) is 0 Å². The van der Waals surface area contributed by atoms with Gasteiger partial charge in [-0.05, 0) is 37.5 Å². The number of aromatic carboxylic acids is 1. The molecule has 0 heterocycles. The van der Waals surface area contributed by atoms with Gasteiger partial charge in [0.1, 0.15) is 0 Å². The number of allylic oxidation sites excluding steroid dienone is 1. The maximum Gasteiger partial charge on any atom is 0.335 e. The minimum absolute atomic E-state index is 0.131. The Balaban J connectivity index is 2.06. The van der Waals surface area contributed by atoms with Crippen LogP contribution in [0.1, 0.15) is 40.0 Å². The van der Waals surface area contributed by atoms with E-state index < -0.39 is 5.97 Å². The van der Waals surface area contributed by atoms with E-state index in [1.165, 1.54) is 12.1 Å². The number of rotatable bonds is 3. The molecule has 0 aromatic heterocycles. The highest BCUT2D eigenvalue weighted by Gasteiger charge is 2.15. The number of carboxylic acids is 1. The highest BCUT2D eigenvalue weighted by molar-refractivity contribution is 5.97. The number of amides is 1.